The van der Waals surface area contributed by atoms with Crippen molar-refractivity contribution in [3.8, 4) is 0 Å². The van der Waals surface area contributed by atoms with E-state index in [1.165, 1.54) is 0 Å². The zero-order valence-electron chi connectivity index (χ0n) is 12.9. The van der Waals surface area contributed by atoms with Gasteiger partial charge in [0.05, 0.1) is 11.7 Å². The van der Waals surface area contributed by atoms with Crippen molar-refractivity contribution in [3.05, 3.63) is 27.1 Å². The van der Waals surface area contributed by atoms with Gasteiger partial charge in [0.2, 0.25) is 5.91 Å². The molecule has 118 valence electrons. The maximum absolute atomic E-state index is 12.5. The summed E-state index contributed by atoms with van der Waals surface area (Å²) < 4.78 is 1.56. The molecular weight excluding hydrogens is 300 g/mol. The number of rotatable bonds is 3. The van der Waals surface area contributed by atoms with Gasteiger partial charge in [0.1, 0.15) is 4.83 Å². The van der Waals surface area contributed by atoms with Crippen LogP contribution in [0.2, 0.25) is 0 Å². The largest absolute Gasteiger partial charge is 0.340 e. The number of hydrogen-bond acceptors (Lipinski definition) is 5. The van der Waals surface area contributed by atoms with Crippen molar-refractivity contribution >= 4 is 27.5 Å². The predicted octanol–water partition coefficient (Wildman–Crippen LogP) is 0.897. The molecule has 3 heterocycles. The zero-order chi connectivity index (χ0) is 15.7. The molecule has 0 radical (unpaired) electrons. The first-order valence-corrected chi connectivity index (χ1v) is 8.33. The molecule has 22 heavy (non-hydrogen) atoms. The van der Waals surface area contributed by atoms with Gasteiger partial charge in [0.25, 0.3) is 5.56 Å². The van der Waals surface area contributed by atoms with Crippen LogP contribution < -0.4 is 10.9 Å². The van der Waals surface area contributed by atoms with E-state index < -0.39 is 0 Å². The Bertz CT molecular complexity index is 759. The van der Waals surface area contributed by atoms with Crippen LogP contribution in [0, 0.1) is 13.8 Å². The first-order chi connectivity index (χ1) is 10.6. The molecule has 2 aromatic rings. The molecule has 6 nitrogen and oxygen atoms in total. The van der Waals surface area contributed by atoms with Crippen molar-refractivity contribution in [1.82, 2.24) is 19.8 Å². The molecule has 0 unspecified atom stereocenters. The summed E-state index contributed by atoms with van der Waals surface area (Å²) in [5, 5.41) is 3.92. The number of nitrogens with zero attached hydrogens (tertiary/aromatic N) is 3. The van der Waals surface area contributed by atoms with Crippen LogP contribution in [0.15, 0.2) is 11.1 Å². The van der Waals surface area contributed by atoms with Gasteiger partial charge in [-0.25, -0.2) is 4.98 Å². The summed E-state index contributed by atoms with van der Waals surface area (Å²) in [6, 6.07) is 0. The van der Waals surface area contributed by atoms with E-state index in [2.05, 4.69) is 10.3 Å². The van der Waals surface area contributed by atoms with Crippen molar-refractivity contribution < 1.29 is 4.79 Å². The topological polar surface area (TPSA) is 67.2 Å². The Kier molecular flexibility index (Phi) is 4.26. The van der Waals surface area contributed by atoms with E-state index in [-0.39, 0.29) is 11.5 Å². The highest BCUT2D eigenvalue weighted by Gasteiger charge is 2.17. The fraction of sp³-hybridized carbons (Fsp3) is 0.533. The number of aryl methyl sites for hydroxylation is 3. The molecular formula is C15H20N4O2S. The van der Waals surface area contributed by atoms with Crippen molar-refractivity contribution in [2.24, 2.45) is 0 Å². The molecule has 2 aromatic heterocycles. The van der Waals surface area contributed by atoms with E-state index in [0.717, 1.165) is 41.5 Å². The Morgan fingerprint density at radius 2 is 2.09 bits per heavy atom. The van der Waals surface area contributed by atoms with Crippen LogP contribution in [0.1, 0.15) is 16.9 Å². The van der Waals surface area contributed by atoms with Crippen LogP contribution in [-0.2, 0) is 11.3 Å². The fourth-order valence-corrected chi connectivity index (χ4v) is 3.71. The first-order valence-electron chi connectivity index (χ1n) is 7.51. The number of piperazine rings is 1. The summed E-state index contributed by atoms with van der Waals surface area (Å²) in [6.07, 6.45) is 1.90. The summed E-state index contributed by atoms with van der Waals surface area (Å²) >= 11 is 1.54. The Balaban J connectivity index is 1.76. The van der Waals surface area contributed by atoms with Gasteiger partial charge in [-0.1, -0.05) is 0 Å². The zero-order valence-corrected chi connectivity index (χ0v) is 13.7. The number of nitrogens with one attached hydrogen (secondary N) is 1. The molecule has 7 heteroatoms. The number of amides is 1. The second-order valence-electron chi connectivity index (χ2n) is 5.59. The molecule has 3 rings (SSSR count). The van der Waals surface area contributed by atoms with Gasteiger partial charge >= 0.3 is 0 Å². The summed E-state index contributed by atoms with van der Waals surface area (Å²) in [4.78, 5) is 32.8. The van der Waals surface area contributed by atoms with E-state index in [1.807, 2.05) is 18.7 Å². The molecule has 0 atom stereocenters. The third-order valence-electron chi connectivity index (χ3n) is 4.19. The minimum atomic E-state index is -0.0417. The van der Waals surface area contributed by atoms with E-state index in [0.29, 0.717) is 18.4 Å². The van der Waals surface area contributed by atoms with Crippen molar-refractivity contribution in [1.29, 1.82) is 0 Å². The van der Waals surface area contributed by atoms with Gasteiger partial charge in [-0.05, 0) is 19.4 Å². The highest BCUT2D eigenvalue weighted by atomic mass is 32.1. The summed E-state index contributed by atoms with van der Waals surface area (Å²) in [5.74, 6) is 0.103. The molecule has 1 saturated heterocycles. The fourth-order valence-electron chi connectivity index (χ4n) is 2.72. The molecule has 1 N–H and O–H groups in total. The molecule has 0 aliphatic carbocycles. The lowest BCUT2D eigenvalue weighted by atomic mass is 10.2. The van der Waals surface area contributed by atoms with Gasteiger partial charge in [0, 0.05) is 44.0 Å². The molecule has 0 saturated carbocycles. The highest BCUT2D eigenvalue weighted by Crippen LogP contribution is 2.25. The van der Waals surface area contributed by atoms with Gasteiger partial charge in [-0.15, -0.1) is 11.3 Å². The number of carbonyl (C=O) groups is 1. The average molecular weight is 320 g/mol. The first kappa shape index (κ1) is 15.2. The van der Waals surface area contributed by atoms with E-state index >= 15 is 0 Å². The minimum absolute atomic E-state index is 0.0417. The normalized spacial score (nSPS) is 15.5. The van der Waals surface area contributed by atoms with E-state index in [4.69, 9.17) is 0 Å². The highest BCUT2D eigenvalue weighted by molar-refractivity contribution is 7.18. The van der Waals surface area contributed by atoms with Crippen LogP contribution in [0.3, 0.4) is 0 Å². The number of carbonyl (C=O) groups excluding carboxylic acids is 1. The number of hydrogen-bond donors (Lipinski definition) is 1. The Morgan fingerprint density at radius 1 is 1.36 bits per heavy atom. The number of aromatic nitrogens is 2. The monoisotopic (exact) mass is 320 g/mol. The van der Waals surface area contributed by atoms with Gasteiger partial charge in [0.15, 0.2) is 0 Å². The quantitative estimate of drug-likeness (QED) is 0.912. The summed E-state index contributed by atoms with van der Waals surface area (Å²) in [5.41, 5.74) is 0.959. The Morgan fingerprint density at radius 3 is 2.82 bits per heavy atom. The van der Waals surface area contributed by atoms with Crippen molar-refractivity contribution in [2.45, 2.75) is 26.8 Å². The second-order valence-corrected chi connectivity index (χ2v) is 6.79. The van der Waals surface area contributed by atoms with E-state index in [9.17, 15) is 9.59 Å². The van der Waals surface area contributed by atoms with Gasteiger partial charge in [-0.3, -0.25) is 14.2 Å². The Hall–Kier alpha value is -1.73. The van der Waals surface area contributed by atoms with Crippen LogP contribution >= 0.6 is 11.3 Å². The van der Waals surface area contributed by atoms with Crippen LogP contribution in [0.5, 0.6) is 0 Å². The standard InChI is InChI=1S/C15H20N4O2S/c1-10-11(2)22-14-13(10)15(21)19(9-17-14)6-3-12(20)18-7-4-16-5-8-18/h9,16H,3-8H2,1-2H3. The average Bonchev–Trinajstić information content (AvgIpc) is 2.83. The summed E-state index contributed by atoms with van der Waals surface area (Å²) in [6.45, 7) is 7.51. The molecule has 0 aromatic carbocycles. The lowest BCUT2D eigenvalue weighted by Gasteiger charge is -2.27. The Labute approximate surface area is 132 Å². The van der Waals surface area contributed by atoms with Crippen LogP contribution in [-0.4, -0.2) is 46.5 Å². The maximum atomic E-state index is 12.5. The third-order valence-corrected chi connectivity index (χ3v) is 5.31. The maximum Gasteiger partial charge on any atom is 0.262 e. The van der Waals surface area contributed by atoms with Gasteiger partial charge < -0.3 is 10.2 Å². The minimum Gasteiger partial charge on any atom is -0.340 e. The lowest BCUT2D eigenvalue weighted by Crippen LogP contribution is -2.46. The number of thiophene rings is 1. The summed E-state index contributed by atoms with van der Waals surface area (Å²) in [7, 11) is 0. The predicted molar refractivity (Wildman–Crippen MR) is 87.4 cm³/mol. The molecule has 0 spiro atoms. The SMILES string of the molecule is Cc1sc2ncn(CCC(=O)N3CCNCC3)c(=O)c2c1C. The molecule has 0 bridgehead atoms. The van der Waals surface area contributed by atoms with Crippen LogP contribution in [0.25, 0.3) is 10.2 Å². The molecule has 1 aliphatic heterocycles. The molecule has 1 amide bonds. The molecule has 1 fully saturated rings. The van der Waals surface area contributed by atoms with Crippen LogP contribution in [0.4, 0.5) is 0 Å². The molecule has 1 aliphatic rings. The second kappa shape index (κ2) is 6.18. The van der Waals surface area contributed by atoms with Crippen molar-refractivity contribution in [3.63, 3.8) is 0 Å². The van der Waals surface area contributed by atoms with Crippen molar-refractivity contribution in [2.75, 3.05) is 26.2 Å². The smallest absolute Gasteiger partial charge is 0.262 e. The lowest BCUT2D eigenvalue weighted by molar-refractivity contribution is -0.132. The third kappa shape index (κ3) is 2.78. The number of fused-ring (bicyclic) bond motifs is 1. The van der Waals surface area contributed by atoms with E-state index in [1.54, 1.807) is 22.2 Å². The van der Waals surface area contributed by atoms with Gasteiger partial charge in [-0.2, -0.15) is 0 Å².